The molecule has 0 amide bonds. The SMILES string of the molecule is NS(=O)(=O)c1ccc(-c2ncccn2)cc1. The zero-order valence-electron chi connectivity index (χ0n) is 8.24. The van der Waals surface area contributed by atoms with Crippen molar-refractivity contribution in [1.29, 1.82) is 0 Å². The Morgan fingerprint density at radius 1 is 1.00 bits per heavy atom. The van der Waals surface area contributed by atoms with Crippen LogP contribution in [0.4, 0.5) is 0 Å². The maximum atomic E-state index is 11.0. The number of nitrogens with zero attached hydrogens (tertiary/aromatic N) is 2. The molecular formula is C10H9N3O2S. The summed E-state index contributed by atoms with van der Waals surface area (Å²) in [6, 6.07) is 7.81. The number of rotatable bonds is 2. The Balaban J connectivity index is 2.41. The molecule has 2 rings (SSSR count). The van der Waals surface area contributed by atoms with Crippen molar-refractivity contribution in [2.24, 2.45) is 5.14 Å². The summed E-state index contributed by atoms with van der Waals surface area (Å²) in [6.07, 6.45) is 3.24. The largest absolute Gasteiger partial charge is 0.238 e. The molecule has 0 aliphatic heterocycles. The van der Waals surface area contributed by atoms with Gasteiger partial charge in [0.25, 0.3) is 0 Å². The predicted octanol–water partition coefficient (Wildman–Crippen LogP) is 0.791. The zero-order valence-corrected chi connectivity index (χ0v) is 9.05. The summed E-state index contributed by atoms with van der Waals surface area (Å²) in [5, 5.41) is 4.99. The molecule has 0 saturated carbocycles. The van der Waals surface area contributed by atoms with E-state index in [0.717, 1.165) is 5.56 Å². The van der Waals surface area contributed by atoms with E-state index < -0.39 is 10.0 Å². The topological polar surface area (TPSA) is 85.9 Å². The van der Waals surface area contributed by atoms with Crippen LogP contribution in [-0.2, 0) is 10.0 Å². The highest BCUT2D eigenvalue weighted by Gasteiger charge is 2.07. The lowest BCUT2D eigenvalue weighted by Gasteiger charge is -2.00. The summed E-state index contributed by atoms with van der Waals surface area (Å²) < 4.78 is 22.1. The summed E-state index contributed by atoms with van der Waals surface area (Å²) in [5.41, 5.74) is 0.744. The van der Waals surface area contributed by atoms with Gasteiger partial charge in [0.1, 0.15) is 0 Å². The summed E-state index contributed by atoms with van der Waals surface area (Å²) in [7, 11) is -3.64. The molecular weight excluding hydrogens is 226 g/mol. The van der Waals surface area contributed by atoms with Gasteiger partial charge in [-0.05, 0) is 30.3 Å². The summed E-state index contributed by atoms with van der Waals surface area (Å²) in [4.78, 5) is 8.17. The maximum Gasteiger partial charge on any atom is 0.238 e. The summed E-state index contributed by atoms with van der Waals surface area (Å²) in [6.45, 7) is 0. The van der Waals surface area contributed by atoms with Crippen molar-refractivity contribution < 1.29 is 8.42 Å². The van der Waals surface area contributed by atoms with Gasteiger partial charge in [-0.15, -0.1) is 0 Å². The van der Waals surface area contributed by atoms with Crippen LogP contribution in [0.2, 0.25) is 0 Å². The molecule has 0 aliphatic rings. The number of sulfonamides is 1. The molecule has 5 nitrogen and oxygen atoms in total. The first-order valence-electron chi connectivity index (χ1n) is 4.47. The first-order chi connectivity index (χ1) is 7.57. The van der Waals surface area contributed by atoms with E-state index >= 15 is 0 Å². The van der Waals surface area contributed by atoms with Crippen molar-refractivity contribution in [3.63, 3.8) is 0 Å². The van der Waals surface area contributed by atoms with E-state index in [1.807, 2.05) is 0 Å². The first-order valence-corrected chi connectivity index (χ1v) is 6.02. The van der Waals surface area contributed by atoms with Gasteiger partial charge in [0.05, 0.1) is 4.90 Å². The van der Waals surface area contributed by atoms with Crippen molar-refractivity contribution in [3.8, 4) is 11.4 Å². The summed E-state index contributed by atoms with van der Waals surface area (Å²) in [5.74, 6) is 0.545. The third-order valence-corrected chi connectivity index (χ3v) is 2.94. The molecule has 0 spiro atoms. The fraction of sp³-hybridized carbons (Fsp3) is 0. The Hall–Kier alpha value is -1.79. The van der Waals surface area contributed by atoms with E-state index in [1.165, 1.54) is 12.1 Å². The Bertz CT molecular complexity index is 579. The smallest absolute Gasteiger partial charge is 0.237 e. The van der Waals surface area contributed by atoms with Gasteiger partial charge in [-0.1, -0.05) is 0 Å². The molecule has 2 N–H and O–H groups in total. The average molecular weight is 235 g/mol. The average Bonchev–Trinajstić information content (AvgIpc) is 2.29. The van der Waals surface area contributed by atoms with Crippen LogP contribution in [0, 0.1) is 0 Å². The Morgan fingerprint density at radius 3 is 2.06 bits per heavy atom. The van der Waals surface area contributed by atoms with Crippen LogP contribution in [-0.4, -0.2) is 18.4 Å². The third kappa shape index (κ3) is 2.23. The van der Waals surface area contributed by atoms with Crippen molar-refractivity contribution in [2.45, 2.75) is 4.90 Å². The predicted molar refractivity (Wildman–Crippen MR) is 58.8 cm³/mol. The molecule has 1 aromatic carbocycles. The van der Waals surface area contributed by atoms with Crippen LogP contribution < -0.4 is 5.14 Å². The van der Waals surface area contributed by atoms with Gasteiger partial charge in [-0.3, -0.25) is 0 Å². The van der Waals surface area contributed by atoms with E-state index in [0.29, 0.717) is 5.82 Å². The van der Waals surface area contributed by atoms with Crippen molar-refractivity contribution in [2.75, 3.05) is 0 Å². The molecule has 6 heteroatoms. The number of nitrogens with two attached hydrogens (primary N) is 1. The van der Waals surface area contributed by atoms with Crippen LogP contribution in [0.25, 0.3) is 11.4 Å². The zero-order chi connectivity index (χ0) is 11.6. The first kappa shape index (κ1) is 10.7. The van der Waals surface area contributed by atoms with Gasteiger partial charge in [0.15, 0.2) is 5.82 Å². The lowest BCUT2D eigenvalue weighted by Crippen LogP contribution is -2.11. The molecule has 0 radical (unpaired) electrons. The van der Waals surface area contributed by atoms with Gasteiger partial charge in [-0.2, -0.15) is 0 Å². The highest BCUT2D eigenvalue weighted by molar-refractivity contribution is 7.89. The van der Waals surface area contributed by atoms with Gasteiger partial charge < -0.3 is 0 Å². The molecule has 82 valence electrons. The Labute approximate surface area is 93.0 Å². The van der Waals surface area contributed by atoms with Crippen molar-refractivity contribution in [1.82, 2.24) is 9.97 Å². The van der Waals surface area contributed by atoms with Crippen LogP contribution in [0.5, 0.6) is 0 Å². The lowest BCUT2D eigenvalue weighted by atomic mass is 10.2. The maximum absolute atomic E-state index is 11.0. The summed E-state index contributed by atoms with van der Waals surface area (Å²) >= 11 is 0. The number of benzene rings is 1. The second-order valence-corrected chi connectivity index (χ2v) is 4.70. The standard InChI is InChI=1S/C10H9N3O2S/c11-16(14,15)9-4-2-8(3-5-9)10-12-6-1-7-13-10/h1-7H,(H2,11,14,15). The molecule has 2 aromatic rings. The highest BCUT2D eigenvalue weighted by atomic mass is 32.2. The van der Waals surface area contributed by atoms with E-state index in [-0.39, 0.29) is 4.90 Å². The minimum absolute atomic E-state index is 0.0761. The molecule has 0 bridgehead atoms. The lowest BCUT2D eigenvalue weighted by molar-refractivity contribution is 0.598. The van der Waals surface area contributed by atoms with E-state index in [4.69, 9.17) is 5.14 Å². The van der Waals surface area contributed by atoms with Crippen molar-refractivity contribution in [3.05, 3.63) is 42.7 Å². The molecule has 0 atom stereocenters. The van der Waals surface area contributed by atoms with Crippen LogP contribution in [0.15, 0.2) is 47.6 Å². The van der Waals surface area contributed by atoms with Gasteiger partial charge in [0, 0.05) is 18.0 Å². The normalized spacial score (nSPS) is 11.3. The minimum Gasteiger partial charge on any atom is -0.237 e. The minimum atomic E-state index is -3.64. The van der Waals surface area contributed by atoms with E-state index in [2.05, 4.69) is 9.97 Å². The van der Waals surface area contributed by atoms with Crippen LogP contribution in [0.3, 0.4) is 0 Å². The fourth-order valence-electron chi connectivity index (χ4n) is 1.24. The Kier molecular flexibility index (Phi) is 2.67. The second-order valence-electron chi connectivity index (χ2n) is 3.14. The number of primary sulfonamides is 1. The molecule has 0 aliphatic carbocycles. The van der Waals surface area contributed by atoms with Gasteiger partial charge in [-0.25, -0.2) is 23.5 Å². The molecule has 0 fully saturated rings. The monoisotopic (exact) mass is 235 g/mol. The quantitative estimate of drug-likeness (QED) is 0.833. The molecule has 1 aromatic heterocycles. The van der Waals surface area contributed by atoms with Crippen LogP contribution in [0.1, 0.15) is 0 Å². The Morgan fingerprint density at radius 2 is 1.56 bits per heavy atom. The fourth-order valence-corrected chi connectivity index (χ4v) is 1.76. The third-order valence-electron chi connectivity index (χ3n) is 2.01. The van der Waals surface area contributed by atoms with Crippen LogP contribution >= 0.6 is 0 Å². The van der Waals surface area contributed by atoms with E-state index in [1.54, 1.807) is 30.6 Å². The van der Waals surface area contributed by atoms with Gasteiger partial charge >= 0.3 is 0 Å². The molecule has 0 saturated heterocycles. The second kappa shape index (κ2) is 3.99. The number of hydrogen-bond donors (Lipinski definition) is 1. The number of hydrogen-bond acceptors (Lipinski definition) is 4. The number of aromatic nitrogens is 2. The molecule has 0 unspecified atom stereocenters. The van der Waals surface area contributed by atoms with Gasteiger partial charge in [0.2, 0.25) is 10.0 Å². The van der Waals surface area contributed by atoms with E-state index in [9.17, 15) is 8.42 Å². The highest BCUT2D eigenvalue weighted by Crippen LogP contribution is 2.16. The van der Waals surface area contributed by atoms with Crippen molar-refractivity contribution >= 4 is 10.0 Å². The molecule has 1 heterocycles. The molecule has 16 heavy (non-hydrogen) atoms.